The summed E-state index contributed by atoms with van der Waals surface area (Å²) >= 11 is 0. The summed E-state index contributed by atoms with van der Waals surface area (Å²) in [4.78, 5) is 14.1. The van der Waals surface area contributed by atoms with Crippen LogP contribution in [0, 0.1) is 5.82 Å². The van der Waals surface area contributed by atoms with Gasteiger partial charge in [-0.05, 0) is 49.4 Å². The van der Waals surface area contributed by atoms with Crippen LogP contribution in [0.3, 0.4) is 0 Å². The molecule has 1 unspecified atom stereocenters. The SMILES string of the molecule is CC1(N=C=O)CCc2cc(F)ccc2C1. The smallest absolute Gasteiger partial charge is 0.211 e. The van der Waals surface area contributed by atoms with E-state index in [0.717, 1.165) is 24.0 Å². The molecule has 0 fully saturated rings. The number of hydrogen-bond acceptors (Lipinski definition) is 2. The van der Waals surface area contributed by atoms with Crippen LogP contribution in [0.15, 0.2) is 23.2 Å². The standard InChI is InChI=1S/C12H12FNO/c1-12(14-8-15)5-4-9-6-11(13)3-2-10(9)7-12/h2-3,6H,4-5,7H2,1H3. The van der Waals surface area contributed by atoms with E-state index in [1.165, 1.54) is 6.07 Å². The van der Waals surface area contributed by atoms with Crippen molar-refractivity contribution in [2.75, 3.05) is 0 Å². The molecule has 0 radical (unpaired) electrons. The fourth-order valence-electron chi connectivity index (χ4n) is 2.11. The second kappa shape index (κ2) is 3.59. The van der Waals surface area contributed by atoms with Crippen LogP contribution in [0.4, 0.5) is 4.39 Å². The van der Waals surface area contributed by atoms with Gasteiger partial charge in [0.15, 0.2) is 0 Å². The molecule has 0 amide bonds. The lowest BCUT2D eigenvalue weighted by Crippen LogP contribution is -2.30. The number of halogens is 1. The van der Waals surface area contributed by atoms with Crippen molar-refractivity contribution in [3.05, 3.63) is 35.1 Å². The minimum Gasteiger partial charge on any atom is -0.211 e. The molecule has 2 nitrogen and oxygen atoms in total. The molecule has 1 aliphatic carbocycles. The Morgan fingerprint density at radius 1 is 1.47 bits per heavy atom. The van der Waals surface area contributed by atoms with E-state index in [1.807, 2.05) is 6.92 Å². The number of isocyanates is 1. The minimum atomic E-state index is -0.355. The van der Waals surface area contributed by atoms with E-state index >= 15 is 0 Å². The molecule has 1 aliphatic rings. The molecule has 0 saturated heterocycles. The van der Waals surface area contributed by atoms with E-state index in [0.29, 0.717) is 6.42 Å². The fourth-order valence-corrected chi connectivity index (χ4v) is 2.11. The maximum atomic E-state index is 12.9. The number of carbonyl (C=O) groups excluding carboxylic acids is 1. The van der Waals surface area contributed by atoms with Gasteiger partial charge in [-0.25, -0.2) is 9.18 Å². The third-order valence-electron chi connectivity index (χ3n) is 2.99. The predicted molar refractivity (Wildman–Crippen MR) is 55.0 cm³/mol. The Morgan fingerprint density at radius 2 is 2.27 bits per heavy atom. The molecule has 0 heterocycles. The van der Waals surface area contributed by atoms with Crippen LogP contribution in [0.1, 0.15) is 24.5 Å². The lowest BCUT2D eigenvalue weighted by atomic mass is 9.80. The highest BCUT2D eigenvalue weighted by Crippen LogP contribution is 2.31. The van der Waals surface area contributed by atoms with Crippen molar-refractivity contribution in [2.24, 2.45) is 4.99 Å². The van der Waals surface area contributed by atoms with Gasteiger partial charge in [0.2, 0.25) is 6.08 Å². The summed E-state index contributed by atoms with van der Waals surface area (Å²) < 4.78 is 12.9. The Labute approximate surface area is 87.8 Å². The number of nitrogens with zero attached hydrogens (tertiary/aromatic N) is 1. The van der Waals surface area contributed by atoms with E-state index in [4.69, 9.17) is 0 Å². The lowest BCUT2D eigenvalue weighted by Gasteiger charge is -2.29. The highest BCUT2D eigenvalue weighted by molar-refractivity contribution is 5.38. The molecule has 0 aromatic heterocycles. The van der Waals surface area contributed by atoms with Gasteiger partial charge in [-0.2, -0.15) is 4.99 Å². The summed E-state index contributed by atoms with van der Waals surface area (Å²) in [5, 5.41) is 0. The van der Waals surface area contributed by atoms with Gasteiger partial charge in [-0.15, -0.1) is 0 Å². The molecular formula is C12H12FNO. The normalized spacial score (nSPS) is 24.1. The molecule has 0 bridgehead atoms. The van der Waals surface area contributed by atoms with Crippen LogP contribution in [0.2, 0.25) is 0 Å². The zero-order valence-corrected chi connectivity index (χ0v) is 8.59. The third-order valence-corrected chi connectivity index (χ3v) is 2.99. The van der Waals surface area contributed by atoms with Gasteiger partial charge >= 0.3 is 0 Å². The molecular weight excluding hydrogens is 193 g/mol. The molecule has 2 rings (SSSR count). The molecule has 1 aromatic carbocycles. The maximum Gasteiger partial charge on any atom is 0.235 e. The molecule has 0 N–H and O–H groups in total. The Balaban J connectivity index is 2.35. The number of rotatable bonds is 1. The van der Waals surface area contributed by atoms with E-state index in [2.05, 4.69) is 4.99 Å². The first-order chi connectivity index (χ1) is 7.13. The zero-order chi connectivity index (χ0) is 10.9. The summed E-state index contributed by atoms with van der Waals surface area (Å²) in [6, 6.07) is 4.80. The number of aryl methyl sites for hydroxylation is 1. The summed E-state index contributed by atoms with van der Waals surface area (Å²) in [6.07, 6.45) is 3.86. The topological polar surface area (TPSA) is 29.4 Å². The zero-order valence-electron chi connectivity index (χ0n) is 8.59. The van der Waals surface area contributed by atoms with Crippen molar-refractivity contribution in [3.63, 3.8) is 0 Å². The second-order valence-electron chi connectivity index (χ2n) is 4.29. The number of hydrogen-bond donors (Lipinski definition) is 0. The van der Waals surface area contributed by atoms with Crippen LogP contribution >= 0.6 is 0 Å². The average molecular weight is 205 g/mol. The number of fused-ring (bicyclic) bond motifs is 1. The van der Waals surface area contributed by atoms with Crippen LogP contribution in [0.25, 0.3) is 0 Å². The van der Waals surface area contributed by atoms with Gasteiger partial charge in [-0.1, -0.05) is 6.07 Å². The van der Waals surface area contributed by atoms with E-state index in [1.54, 1.807) is 18.2 Å². The van der Waals surface area contributed by atoms with Crippen LogP contribution in [-0.4, -0.2) is 11.6 Å². The van der Waals surface area contributed by atoms with Crippen LogP contribution < -0.4 is 0 Å². The third kappa shape index (κ3) is 1.97. The molecule has 15 heavy (non-hydrogen) atoms. The van der Waals surface area contributed by atoms with Crippen molar-refractivity contribution < 1.29 is 9.18 Å². The Hall–Kier alpha value is -1.47. The Bertz CT molecular complexity index is 437. The Morgan fingerprint density at radius 3 is 3.00 bits per heavy atom. The van der Waals surface area contributed by atoms with Gasteiger partial charge in [-0.3, -0.25) is 0 Å². The van der Waals surface area contributed by atoms with E-state index < -0.39 is 0 Å². The van der Waals surface area contributed by atoms with Gasteiger partial charge in [0.25, 0.3) is 0 Å². The molecule has 0 saturated carbocycles. The lowest BCUT2D eigenvalue weighted by molar-refractivity contribution is 0.406. The first-order valence-electron chi connectivity index (χ1n) is 4.99. The summed E-state index contributed by atoms with van der Waals surface area (Å²) in [5.41, 5.74) is 1.77. The monoisotopic (exact) mass is 205 g/mol. The van der Waals surface area contributed by atoms with Crippen molar-refractivity contribution in [1.29, 1.82) is 0 Å². The molecule has 1 aromatic rings. The maximum absolute atomic E-state index is 12.9. The second-order valence-corrected chi connectivity index (χ2v) is 4.29. The first-order valence-corrected chi connectivity index (χ1v) is 4.99. The summed E-state index contributed by atoms with van der Waals surface area (Å²) in [7, 11) is 0. The van der Waals surface area contributed by atoms with Gasteiger partial charge in [0.1, 0.15) is 5.82 Å². The van der Waals surface area contributed by atoms with Crippen molar-refractivity contribution in [1.82, 2.24) is 0 Å². The predicted octanol–water partition coefficient (Wildman–Crippen LogP) is 2.41. The molecule has 1 atom stereocenters. The van der Waals surface area contributed by atoms with Crippen molar-refractivity contribution in [2.45, 2.75) is 31.7 Å². The van der Waals surface area contributed by atoms with Gasteiger partial charge in [0.05, 0.1) is 5.54 Å². The molecule has 3 heteroatoms. The van der Waals surface area contributed by atoms with Crippen LogP contribution in [-0.2, 0) is 17.6 Å². The highest BCUT2D eigenvalue weighted by Gasteiger charge is 2.29. The highest BCUT2D eigenvalue weighted by atomic mass is 19.1. The average Bonchev–Trinajstić information content (AvgIpc) is 2.19. The van der Waals surface area contributed by atoms with Crippen LogP contribution in [0.5, 0.6) is 0 Å². The minimum absolute atomic E-state index is 0.198. The van der Waals surface area contributed by atoms with E-state index in [9.17, 15) is 9.18 Å². The molecule has 0 spiro atoms. The number of benzene rings is 1. The summed E-state index contributed by atoms with van der Waals surface area (Å²) in [6.45, 7) is 1.93. The largest absolute Gasteiger partial charge is 0.235 e. The quantitative estimate of drug-likeness (QED) is 0.511. The first kappa shape index (κ1) is 10.1. The Kier molecular flexibility index (Phi) is 2.41. The number of aliphatic imine (C=N–C) groups is 1. The van der Waals surface area contributed by atoms with Gasteiger partial charge < -0.3 is 0 Å². The van der Waals surface area contributed by atoms with Crippen molar-refractivity contribution >= 4 is 6.08 Å². The van der Waals surface area contributed by atoms with Gasteiger partial charge in [0, 0.05) is 0 Å². The molecule has 78 valence electrons. The van der Waals surface area contributed by atoms with Crippen molar-refractivity contribution in [3.8, 4) is 0 Å². The van der Waals surface area contributed by atoms with E-state index in [-0.39, 0.29) is 11.4 Å². The fraction of sp³-hybridized carbons (Fsp3) is 0.417. The molecule has 0 aliphatic heterocycles. The summed E-state index contributed by atoms with van der Waals surface area (Å²) in [5.74, 6) is -0.198.